The molecule has 0 aliphatic carbocycles. The van der Waals surface area contributed by atoms with E-state index in [1.165, 1.54) is 17.0 Å². The van der Waals surface area contributed by atoms with Gasteiger partial charge in [0.25, 0.3) is 5.91 Å². The van der Waals surface area contributed by atoms with E-state index in [2.05, 4.69) is 6.58 Å². The molecule has 0 fully saturated rings. The molecule has 0 saturated carbocycles. The van der Waals surface area contributed by atoms with Crippen molar-refractivity contribution >= 4 is 5.91 Å². The molecule has 92 valence electrons. The zero-order chi connectivity index (χ0) is 12.8. The van der Waals surface area contributed by atoms with Gasteiger partial charge in [0.2, 0.25) is 0 Å². The molecule has 0 atom stereocenters. The molecule has 0 heterocycles. The number of carbonyl (C=O) groups is 1. The van der Waals surface area contributed by atoms with Gasteiger partial charge in [-0.15, -0.1) is 6.58 Å². The quantitative estimate of drug-likeness (QED) is 0.607. The molecule has 1 aromatic rings. The number of benzene rings is 1. The first-order valence-corrected chi connectivity index (χ1v) is 5.44. The topological polar surface area (TPSA) is 60.8 Å². The van der Waals surface area contributed by atoms with Crippen LogP contribution >= 0.6 is 0 Å². The van der Waals surface area contributed by atoms with Gasteiger partial charge in [0.05, 0.1) is 5.56 Å². The van der Waals surface area contributed by atoms with Gasteiger partial charge in [-0.25, -0.2) is 0 Å². The van der Waals surface area contributed by atoms with Gasteiger partial charge >= 0.3 is 0 Å². The normalized spacial score (nSPS) is 9.94. The van der Waals surface area contributed by atoms with Crippen LogP contribution in [0.15, 0.2) is 30.9 Å². The zero-order valence-corrected chi connectivity index (χ0v) is 9.89. The fourth-order valence-corrected chi connectivity index (χ4v) is 1.48. The molecule has 0 spiro atoms. The maximum atomic E-state index is 11.9. The highest BCUT2D eigenvalue weighted by molar-refractivity contribution is 5.96. The van der Waals surface area contributed by atoms with Gasteiger partial charge < -0.3 is 15.1 Å². The van der Waals surface area contributed by atoms with E-state index in [4.69, 9.17) is 5.11 Å². The Morgan fingerprint density at radius 2 is 2.18 bits per heavy atom. The summed E-state index contributed by atoms with van der Waals surface area (Å²) in [6, 6.07) is 3.95. The van der Waals surface area contributed by atoms with Gasteiger partial charge in [0.1, 0.15) is 11.5 Å². The lowest BCUT2D eigenvalue weighted by Crippen LogP contribution is -2.27. The number of hydrogen-bond donors (Lipinski definition) is 2. The number of rotatable bonds is 5. The molecule has 0 aromatic heterocycles. The second kappa shape index (κ2) is 5.94. The summed E-state index contributed by atoms with van der Waals surface area (Å²) in [5.41, 5.74) is 0.198. The summed E-state index contributed by atoms with van der Waals surface area (Å²) in [5.74, 6) is -0.523. The van der Waals surface area contributed by atoms with Crippen LogP contribution in [0.2, 0.25) is 0 Å². The van der Waals surface area contributed by atoms with E-state index in [0.717, 1.165) is 18.9 Å². The minimum atomic E-state index is -0.258. The van der Waals surface area contributed by atoms with Crippen LogP contribution in [0.4, 0.5) is 0 Å². The molecular weight excluding hydrogens is 218 g/mol. The highest BCUT2D eigenvalue weighted by Gasteiger charge is 2.15. The summed E-state index contributed by atoms with van der Waals surface area (Å²) in [6.07, 6.45) is 3.49. The fraction of sp³-hybridized carbons (Fsp3) is 0.308. The second-order valence-corrected chi connectivity index (χ2v) is 3.86. The molecule has 0 saturated heterocycles. The molecule has 0 radical (unpaired) electrons. The lowest BCUT2D eigenvalue weighted by molar-refractivity contribution is 0.0791. The van der Waals surface area contributed by atoms with Crippen LogP contribution in [0, 0.1) is 0 Å². The summed E-state index contributed by atoms with van der Waals surface area (Å²) in [5, 5.41) is 18.7. The summed E-state index contributed by atoms with van der Waals surface area (Å²) in [7, 11) is 1.68. The molecule has 4 nitrogen and oxygen atoms in total. The third kappa shape index (κ3) is 3.52. The van der Waals surface area contributed by atoms with Crippen molar-refractivity contribution in [1.82, 2.24) is 4.90 Å². The standard InChI is InChI=1S/C13H17NO3/c1-3-4-5-8-14(2)13(17)11-7-6-10(15)9-12(11)16/h3,6-7,9,15-16H,1,4-5,8H2,2H3. The van der Waals surface area contributed by atoms with Crippen LogP contribution < -0.4 is 0 Å². The maximum absolute atomic E-state index is 11.9. The summed E-state index contributed by atoms with van der Waals surface area (Å²) < 4.78 is 0. The molecular formula is C13H17NO3. The Bertz CT molecular complexity index is 415. The Hall–Kier alpha value is -1.97. The molecule has 0 unspecified atom stereocenters. The van der Waals surface area contributed by atoms with E-state index in [1.54, 1.807) is 13.1 Å². The third-order valence-electron chi connectivity index (χ3n) is 2.46. The molecule has 1 aromatic carbocycles. The van der Waals surface area contributed by atoms with Gasteiger partial charge in [0, 0.05) is 19.7 Å². The number of carbonyl (C=O) groups excluding carboxylic acids is 1. The van der Waals surface area contributed by atoms with Crippen molar-refractivity contribution in [1.29, 1.82) is 0 Å². The number of aromatic hydroxyl groups is 2. The maximum Gasteiger partial charge on any atom is 0.257 e. The van der Waals surface area contributed by atoms with Crippen molar-refractivity contribution < 1.29 is 15.0 Å². The molecule has 0 aliphatic rings. The first-order valence-electron chi connectivity index (χ1n) is 5.44. The van der Waals surface area contributed by atoms with Crippen molar-refractivity contribution in [2.75, 3.05) is 13.6 Å². The van der Waals surface area contributed by atoms with E-state index in [-0.39, 0.29) is 23.0 Å². The van der Waals surface area contributed by atoms with Crippen molar-refractivity contribution in [2.45, 2.75) is 12.8 Å². The summed E-state index contributed by atoms with van der Waals surface area (Å²) >= 11 is 0. The van der Waals surface area contributed by atoms with Crippen LogP contribution in [-0.2, 0) is 0 Å². The first-order chi connectivity index (χ1) is 8.06. The molecule has 17 heavy (non-hydrogen) atoms. The Balaban J connectivity index is 2.71. The highest BCUT2D eigenvalue weighted by Crippen LogP contribution is 2.23. The Labute approximate surface area is 101 Å². The number of allylic oxidation sites excluding steroid dienone is 1. The van der Waals surface area contributed by atoms with Crippen LogP contribution in [0.3, 0.4) is 0 Å². The van der Waals surface area contributed by atoms with Gasteiger partial charge in [0.15, 0.2) is 0 Å². The smallest absolute Gasteiger partial charge is 0.257 e. The van der Waals surface area contributed by atoms with Crippen molar-refractivity contribution in [3.8, 4) is 11.5 Å². The van der Waals surface area contributed by atoms with E-state index in [0.29, 0.717) is 6.54 Å². The van der Waals surface area contributed by atoms with Gasteiger partial charge in [-0.05, 0) is 25.0 Å². The Morgan fingerprint density at radius 3 is 2.76 bits per heavy atom. The SMILES string of the molecule is C=CCCCN(C)C(=O)c1ccc(O)cc1O. The van der Waals surface area contributed by atoms with Crippen molar-refractivity contribution in [3.63, 3.8) is 0 Å². The number of hydrogen-bond acceptors (Lipinski definition) is 3. The molecule has 0 aliphatic heterocycles. The monoisotopic (exact) mass is 235 g/mol. The minimum Gasteiger partial charge on any atom is -0.508 e. The molecule has 4 heteroatoms. The van der Waals surface area contributed by atoms with Crippen LogP contribution in [0.25, 0.3) is 0 Å². The lowest BCUT2D eigenvalue weighted by Gasteiger charge is -2.17. The molecule has 1 rings (SSSR count). The Kier molecular flexibility index (Phi) is 4.57. The second-order valence-electron chi connectivity index (χ2n) is 3.86. The van der Waals surface area contributed by atoms with Crippen LogP contribution in [-0.4, -0.2) is 34.6 Å². The predicted molar refractivity (Wildman–Crippen MR) is 66.2 cm³/mol. The average molecular weight is 235 g/mol. The number of phenolic OH excluding ortho intramolecular Hbond substituents is 2. The van der Waals surface area contributed by atoms with Gasteiger partial charge in [-0.1, -0.05) is 6.08 Å². The molecule has 0 bridgehead atoms. The van der Waals surface area contributed by atoms with E-state index in [1.807, 2.05) is 0 Å². The first kappa shape index (κ1) is 13.1. The van der Waals surface area contributed by atoms with Crippen LogP contribution in [0.1, 0.15) is 23.2 Å². The third-order valence-corrected chi connectivity index (χ3v) is 2.46. The average Bonchev–Trinajstić information content (AvgIpc) is 2.28. The van der Waals surface area contributed by atoms with Crippen molar-refractivity contribution in [3.05, 3.63) is 36.4 Å². The minimum absolute atomic E-state index is 0.0617. The largest absolute Gasteiger partial charge is 0.508 e. The van der Waals surface area contributed by atoms with Gasteiger partial charge in [-0.2, -0.15) is 0 Å². The lowest BCUT2D eigenvalue weighted by atomic mass is 10.1. The Morgan fingerprint density at radius 1 is 1.47 bits per heavy atom. The van der Waals surface area contributed by atoms with Crippen LogP contribution in [0.5, 0.6) is 11.5 Å². The highest BCUT2D eigenvalue weighted by atomic mass is 16.3. The number of amides is 1. The molecule has 2 N–H and O–H groups in total. The number of nitrogens with zero attached hydrogens (tertiary/aromatic N) is 1. The summed E-state index contributed by atoms with van der Waals surface area (Å²) in [6.45, 7) is 4.22. The summed E-state index contributed by atoms with van der Waals surface area (Å²) in [4.78, 5) is 13.5. The molecule has 1 amide bonds. The fourth-order valence-electron chi connectivity index (χ4n) is 1.48. The van der Waals surface area contributed by atoms with Crippen molar-refractivity contribution in [2.24, 2.45) is 0 Å². The predicted octanol–water partition coefficient (Wildman–Crippen LogP) is 2.14. The van der Waals surface area contributed by atoms with E-state index >= 15 is 0 Å². The van der Waals surface area contributed by atoms with E-state index < -0.39 is 0 Å². The van der Waals surface area contributed by atoms with E-state index in [9.17, 15) is 9.90 Å². The zero-order valence-electron chi connectivity index (χ0n) is 9.89. The number of unbranched alkanes of at least 4 members (excludes halogenated alkanes) is 1. The number of phenols is 2. The van der Waals surface area contributed by atoms with Gasteiger partial charge in [-0.3, -0.25) is 4.79 Å².